The molecule has 0 unspecified atom stereocenters. The van der Waals surface area contributed by atoms with Crippen molar-refractivity contribution in [1.82, 2.24) is 25.1 Å². The Morgan fingerprint density at radius 1 is 1.22 bits per heavy atom. The van der Waals surface area contributed by atoms with Gasteiger partial charge in [0.25, 0.3) is 5.91 Å². The Bertz CT molecular complexity index is 908. The fourth-order valence-corrected chi connectivity index (χ4v) is 3.56. The molecule has 1 atom stereocenters. The summed E-state index contributed by atoms with van der Waals surface area (Å²) in [4.78, 5) is 15.0. The molecule has 1 fully saturated rings. The van der Waals surface area contributed by atoms with Gasteiger partial charge >= 0.3 is 0 Å². The Balaban J connectivity index is 1.50. The van der Waals surface area contributed by atoms with Crippen LogP contribution in [0.4, 0.5) is 0 Å². The molecule has 138 valence electrons. The number of carbonyl (C=O) groups is 1. The van der Waals surface area contributed by atoms with E-state index in [9.17, 15) is 4.79 Å². The first-order valence-corrected chi connectivity index (χ1v) is 8.99. The van der Waals surface area contributed by atoms with Crippen molar-refractivity contribution in [3.63, 3.8) is 0 Å². The van der Waals surface area contributed by atoms with E-state index in [1.165, 1.54) is 0 Å². The number of aromatic nitrogens is 4. The number of rotatable bonds is 5. The van der Waals surface area contributed by atoms with E-state index in [2.05, 4.69) is 21.6 Å². The predicted molar refractivity (Wildman–Crippen MR) is 99.4 cm³/mol. The first kappa shape index (κ1) is 17.2. The Labute approximate surface area is 157 Å². The third-order valence-corrected chi connectivity index (χ3v) is 4.93. The number of nitrogens with zero attached hydrogens (tertiary/aromatic N) is 5. The van der Waals surface area contributed by atoms with Crippen molar-refractivity contribution in [1.29, 1.82) is 0 Å². The van der Waals surface area contributed by atoms with Crippen molar-refractivity contribution in [3.8, 4) is 5.75 Å². The van der Waals surface area contributed by atoms with E-state index in [4.69, 9.17) is 4.74 Å². The molecule has 1 aliphatic heterocycles. The monoisotopic (exact) mass is 363 g/mol. The van der Waals surface area contributed by atoms with Crippen LogP contribution in [0.2, 0.25) is 0 Å². The van der Waals surface area contributed by atoms with Gasteiger partial charge in [-0.15, -0.1) is 5.10 Å². The van der Waals surface area contributed by atoms with E-state index in [1.54, 1.807) is 18.1 Å². The van der Waals surface area contributed by atoms with Crippen molar-refractivity contribution in [2.24, 2.45) is 0 Å². The highest BCUT2D eigenvalue weighted by Crippen LogP contribution is 2.34. The largest absolute Gasteiger partial charge is 0.497 e. The molecule has 0 saturated carbocycles. The number of likely N-dealkylation sites (tertiary alicyclic amines) is 1. The number of methoxy groups -OCH3 is 1. The van der Waals surface area contributed by atoms with Crippen LogP contribution < -0.4 is 4.74 Å². The molecule has 1 amide bonds. The van der Waals surface area contributed by atoms with Gasteiger partial charge in [0.2, 0.25) is 0 Å². The van der Waals surface area contributed by atoms with Gasteiger partial charge in [-0.3, -0.25) is 4.79 Å². The maximum absolute atomic E-state index is 13.1. The fourth-order valence-electron chi connectivity index (χ4n) is 3.56. The molecule has 1 aromatic heterocycles. The first-order chi connectivity index (χ1) is 13.2. The molecule has 2 heterocycles. The molecule has 1 aliphatic rings. The number of carbonyl (C=O) groups excluding carboxylic acids is 1. The lowest BCUT2D eigenvalue weighted by molar-refractivity contribution is 0.0735. The fraction of sp³-hybridized carbons (Fsp3) is 0.300. The van der Waals surface area contributed by atoms with Gasteiger partial charge in [-0.2, -0.15) is 0 Å². The molecular formula is C20H21N5O2. The summed E-state index contributed by atoms with van der Waals surface area (Å²) in [5.41, 5.74) is 2.87. The minimum Gasteiger partial charge on any atom is -0.497 e. The highest BCUT2D eigenvalue weighted by atomic mass is 16.5. The van der Waals surface area contributed by atoms with E-state index in [1.807, 2.05) is 47.4 Å². The summed E-state index contributed by atoms with van der Waals surface area (Å²) in [5.74, 6) is 0.882. The Hall–Kier alpha value is -3.22. The minimum absolute atomic E-state index is 0.0642. The number of hydrogen-bond donors (Lipinski definition) is 0. The molecule has 27 heavy (non-hydrogen) atoms. The zero-order valence-electron chi connectivity index (χ0n) is 15.2. The number of amides is 1. The highest BCUT2D eigenvalue weighted by Gasteiger charge is 2.30. The van der Waals surface area contributed by atoms with Crippen LogP contribution in [0, 0.1) is 0 Å². The lowest BCUT2D eigenvalue weighted by Crippen LogP contribution is -2.30. The van der Waals surface area contributed by atoms with E-state index < -0.39 is 0 Å². The molecule has 0 N–H and O–H groups in total. The smallest absolute Gasteiger partial charge is 0.254 e. The molecule has 7 heteroatoms. The average Bonchev–Trinajstić information content (AvgIpc) is 3.40. The van der Waals surface area contributed by atoms with Gasteiger partial charge in [0, 0.05) is 12.1 Å². The zero-order valence-corrected chi connectivity index (χ0v) is 15.2. The zero-order chi connectivity index (χ0) is 18.6. The number of ether oxygens (including phenoxy) is 1. The summed E-state index contributed by atoms with van der Waals surface area (Å²) >= 11 is 0. The van der Waals surface area contributed by atoms with E-state index in [-0.39, 0.29) is 11.9 Å². The molecule has 0 bridgehead atoms. The Morgan fingerprint density at radius 2 is 2.07 bits per heavy atom. The molecule has 2 aromatic carbocycles. The summed E-state index contributed by atoms with van der Waals surface area (Å²) in [7, 11) is 1.66. The van der Waals surface area contributed by atoms with Gasteiger partial charge < -0.3 is 9.64 Å². The van der Waals surface area contributed by atoms with Crippen LogP contribution in [-0.4, -0.2) is 44.7 Å². The van der Waals surface area contributed by atoms with Crippen LogP contribution in [0.5, 0.6) is 5.75 Å². The van der Waals surface area contributed by atoms with E-state index in [0.29, 0.717) is 12.1 Å². The predicted octanol–water partition coefficient (Wildman–Crippen LogP) is 2.71. The van der Waals surface area contributed by atoms with Crippen LogP contribution in [0.25, 0.3) is 0 Å². The van der Waals surface area contributed by atoms with Crippen LogP contribution in [0.15, 0.2) is 54.9 Å². The van der Waals surface area contributed by atoms with Gasteiger partial charge in [-0.05, 0) is 58.7 Å². The summed E-state index contributed by atoms with van der Waals surface area (Å²) in [5, 5.41) is 11.1. The standard InChI is InChI=1S/C20H21N5O2/c1-27-18-5-2-4-17(12-18)19-6-3-11-25(19)20(26)16-9-7-15(8-10-16)13-24-14-21-22-23-24/h2,4-5,7-10,12,14,19H,3,6,11,13H2,1H3/t19-/m1/s1. The number of tetrazole rings is 1. The second-order valence-corrected chi connectivity index (χ2v) is 6.64. The molecule has 4 rings (SSSR count). The summed E-state index contributed by atoms with van der Waals surface area (Å²) in [6.45, 7) is 1.35. The van der Waals surface area contributed by atoms with Gasteiger partial charge in [0.1, 0.15) is 12.1 Å². The van der Waals surface area contributed by atoms with Gasteiger partial charge in [-0.1, -0.05) is 24.3 Å². The molecular weight excluding hydrogens is 342 g/mol. The molecule has 0 spiro atoms. The SMILES string of the molecule is COc1cccc([C@H]2CCCN2C(=O)c2ccc(Cn3cnnn3)cc2)c1. The lowest BCUT2D eigenvalue weighted by atomic mass is 10.0. The third-order valence-electron chi connectivity index (χ3n) is 4.93. The Kier molecular flexibility index (Phi) is 4.82. The van der Waals surface area contributed by atoms with Crippen molar-refractivity contribution in [2.45, 2.75) is 25.4 Å². The normalized spacial score (nSPS) is 16.5. The quantitative estimate of drug-likeness (QED) is 0.697. The van der Waals surface area contributed by atoms with E-state index >= 15 is 0 Å². The van der Waals surface area contributed by atoms with Crippen molar-refractivity contribution >= 4 is 5.91 Å². The van der Waals surface area contributed by atoms with Crippen LogP contribution >= 0.6 is 0 Å². The second kappa shape index (κ2) is 7.57. The maximum atomic E-state index is 13.1. The topological polar surface area (TPSA) is 73.1 Å². The molecule has 7 nitrogen and oxygen atoms in total. The maximum Gasteiger partial charge on any atom is 0.254 e. The minimum atomic E-state index is 0.0642. The van der Waals surface area contributed by atoms with Crippen LogP contribution in [0.3, 0.4) is 0 Å². The molecule has 0 radical (unpaired) electrons. The average molecular weight is 363 g/mol. The van der Waals surface area contributed by atoms with Crippen molar-refractivity contribution in [3.05, 3.63) is 71.5 Å². The second-order valence-electron chi connectivity index (χ2n) is 6.64. The first-order valence-electron chi connectivity index (χ1n) is 8.99. The summed E-state index contributed by atoms with van der Waals surface area (Å²) in [6.07, 6.45) is 3.54. The van der Waals surface area contributed by atoms with Gasteiger partial charge in [0.15, 0.2) is 0 Å². The number of hydrogen-bond acceptors (Lipinski definition) is 5. The number of benzene rings is 2. The van der Waals surface area contributed by atoms with Crippen molar-refractivity contribution < 1.29 is 9.53 Å². The Morgan fingerprint density at radius 3 is 2.81 bits per heavy atom. The van der Waals surface area contributed by atoms with E-state index in [0.717, 1.165) is 36.3 Å². The van der Waals surface area contributed by atoms with Crippen molar-refractivity contribution in [2.75, 3.05) is 13.7 Å². The highest BCUT2D eigenvalue weighted by molar-refractivity contribution is 5.94. The third kappa shape index (κ3) is 3.67. The van der Waals surface area contributed by atoms with Crippen LogP contribution in [-0.2, 0) is 6.54 Å². The lowest BCUT2D eigenvalue weighted by Gasteiger charge is -2.25. The summed E-state index contributed by atoms with van der Waals surface area (Å²) in [6, 6.07) is 15.7. The van der Waals surface area contributed by atoms with Gasteiger partial charge in [-0.25, -0.2) is 4.68 Å². The summed E-state index contributed by atoms with van der Waals surface area (Å²) < 4.78 is 6.98. The van der Waals surface area contributed by atoms with Crippen LogP contribution in [0.1, 0.15) is 40.4 Å². The van der Waals surface area contributed by atoms with Gasteiger partial charge in [0.05, 0.1) is 19.7 Å². The molecule has 1 saturated heterocycles. The molecule has 0 aliphatic carbocycles. The molecule has 3 aromatic rings.